The minimum Gasteiger partial charge on any atom is -0.390 e. The molecule has 0 spiro atoms. The number of amides is 1. The molecule has 3 aromatic rings. The van der Waals surface area contributed by atoms with E-state index in [1.165, 1.54) is 6.07 Å². The van der Waals surface area contributed by atoms with E-state index >= 15 is 0 Å². The van der Waals surface area contributed by atoms with Gasteiger partial charge in [-0.15, -0.1) is 0 Å². The van der Waals surface area contributed by atoms with Crippen LogP contribution in [-0.4, -0.2) is 32.6 Å². The Kier molecular flexibility index (Phi) is 4.39. The van der Waals surface area contributed by atoms with E-state index in [9.17, 15) is 14.3 Å². The van der Waals surface area contributed by atoms with Gasteiger partial charge in [-0.25, -0.2) is 4.39 Å². The summed E-state index contributed by atoms with van der Waals surface area (Å²) in [6.07, 6.45) is 8.84. The van der Waals surface area contributed by atoms with E-state index in [-0.39, 0.29) is 11.9 Å². The summed E-state index contributed by atoms with van der Waals surface area (Å²) in [5.41, 5.74) is 1.71. The number of aromatic amines is 1. The highest BCUT2D eigenvalue weighted by atomic mass is 19.1. The first kappa shape index (κ1) is 18.3. The van der Waals surface area contributed by atoms with Gasteiger partial charge in [0.2, 0.25) is 0 Å². The molecule has 2 fully saturated rings. The molecule has 2 heterocycles. The molecule has 6 heteroatoms. The molecule has 29 heavy (non-hydrogen) atoms. The van der Waals surface area contributed by atoms with Crippen LogP contribution in [0.4, 0.5) is 4.39 Å². The number of nitrogens with zero attached hydrogens (tertiary/aromatic N) is 1. The van der Waals surface area contributed by atoms with Crippen molar-refractivity contribution in [3.8, 4) is 11.3 Å². The zero-order chi connectivity index (χ0) is 20.0. The van der Waals surface area contributed by atoms with Crippen molar-refractivity contribution in [1.82, 2.24) is 15.3 Å². The molecule has 1 amide bonds. The monoisotopic (exact) mass is 393 g/mol. The SMILES string of the molecule is O=C(NC1CCC(C2(O)CC2)CC1)c1ccc(-c2nccc3[nH]ccc23)c(F)c1. The molecule has 1 aromatic carbocycles. The summed E-state index contributed by atoms with van der Waals surface area (Å²) >= 11 is 0. The van der Waals surface area contributed by atoms with Gasteiger partial charge >= 0.3 is 0 Å². The summed E-state index contributed by atoms with van der Waals surface area (Å²) in [5, 5.41) is 14.1. The van der Waals surface area contributed by atoms with Crippen LogP contribution in [0.25, 0.3) is 22.2 Å². The number of benzene rings is 1. The standard InChI is InChI=1S/C23H24FN3O2/c24-19-13-14(1-6-17(19)21-18-7-11-25-20(18)8-12-26-21)22(28)27-16-4-2-15(3-5-16)23(29)9-10-23/h1,6-8,11-13,15-16,25,29H,2-5,9-10H2,(H,27,28). The summed E-state index contributed by atoms with van der Waals surface area (Å²) in [4.78, 5) is 20.1. The normalized spacial score (nSPS) is 23.1. The maximum atomic E-state index is 14.8. The molecular formula is C23H24FN3O2. The van der Waals surface area contributed by atoms with Crippen LogP contribution >= 0.6 is 0 Å². The lowest BCUT2D eigenvalue weighted by atomic mass is 9.81. The smallest absolute Gasteiger partial charge is 0.251 e. The van der Waals surface area contributed by atoms with Crippen LogP contribution in [0.2, 0.25) is 0 Å². The van der Waals surface area contributed by atoms with Crippen molar-refractivity contribution in [3.63, 3.8) is 0 Å². The molecule has 2 aromatic heterocycles. The third kappa shape index (κ3) is 3.42. The number of aromatic nitrogens is 2. The van der Waals surface area contributed by atoms with Gasteiger partial charge in [0.1, 0.15) is 5.82 Å². The second kappa shape index (κ2) is 6.95. The highest BCUT2D eigenvalue weighted by molar-refractivity contribution is 5.96. The van der Waals surface area contributed by atoms with Crippen LogP contribution in [0.1, 0.15) is 48.9 Å². The Morgan fingerprint density at radius 1 is 1.17 bits per heavy atom. The summed E-state index contributed by atoms with van der Waals surface area (Å²) in [6.45, 7) is 0. The number of rotatable bonds is 4. The molecule has 3 N–H and O–H groups in total. The number of aliphatic hydroxyl groups is 1. The third-order valence-electron chi connectivity index (χ3n) is 6.55. The molecule has 0 unspecified atom stereocenters. The lowest BCUT2D eigenvalue weighted by Crippen LogP contribution is -2.39. The third-order valence-corrected chi connectivity index (χ3v) is 6.55. The quantitative estimate of drug-likeness (QED) is 0.622. The number of carbonyl (C=O) groups excluding carboxylic acids is 1. The number of hydrogen-bond donors (Lipinski definition) is 3. The van der Waals surface area contributed by atoms with Crippen molar-refractivity contribution >= 4 is 16.8 Å². The minimum atomic E-state index is -0.460. The number of nitrogens with one attached hydrogen (secondary N) is 2. The van der Waals surface area contributed by atoms with Crippen molar-refractivity contribution in [2.24, 2.45) is 5.92 Å². The Balaban J connectivity index is 1.29. The van der Waals surface area contributed by atoms with Gasteiger partial charge in [-0.3, -0.25) is 9.78 Å². The first-order chi connectivity index (χ1) is 14.0. The minimum absolute atomic E-state index is 0.0825. The van der Waals surface area contributed by atoms with Crippen LogP contribution in [0.3, 0.4) is 0 Å². The van der Waals surface area contributed by atoms with E-state index in [2.05, 4.69) is 15.3 Å². The van der Waals surface area contributed by atoms with E-state index in [4.69, 9.17) is 0 Å². The molecule has 2 saturated carbocycles. The van der Waals surface area contributed by atoms with Crippen molar-refractivity contribution in [3.05, 3.63) is 54.1 Å². The molecular weight excluding hydrogens is 369 g/mol. The Morgan fingerprint density at radius 2 is 1.97 bits per heavy atom. The maximum absolute atomic E-state index is 14.8. The Labute approximate surface area is 168 Å². The van der Waals surface area contributed by atoms with Crippen molar-refractivity contribution in [2.45, 2.75) is 50.2 Å². The highest BCUT2D eigenvalue weighted by Crippen LogP contribution is 2.48. The number of pyridine rings is 1. The Bertz CT molecular complexity index is 1060. The van der Waals surface area contributed by atoms with Gasteiger partial charge in [0.25, 0.3) is 5.91 Å². The summed E-state index contributed by atoms with van der Waals surface area (Å²) in [7, 11) is 0. The molecule has 5 nitrogen and oxygen atoms in total. The van der Waals surface area contributed by atoms with E-state index in [0.29, 0.717) is 22.7 Å². The number of fused-ring (bicyclic) bond motifs is 1. The second-order valence-corrected chi connectivity index (χ2v) is 8.42. The van der Waals surface area contributed by atoms with E-state index in [1.807, 2.05) is 12.1 Å². The first-order valence-corrected chi connectivity index (χ1v) is 10.3. The fourth-order valence-corrected chi connectivity index (χ4v) is 4.63. The maximum Gasteiger partial charge on any atom is 0.251 e. The lowest BCUT2D eigenvalue weighted by molar-refractivity contribution is 0.0541. The van der Waals surface area contributed by atoms with E-state index in [0.717, 1.165) is 49.4 Å². The molecule has 2 aliphatic carbocycles. The molecule has 0 atom stereocenters. The topological polar surface area (TPSA) is 78.0 Å². The van der Waals surface area contributed by atoms with Crippen LogP contribution in [0.15, 0.2) is 42.7 Å². The predicted molar refractivity (Wildman–Crippen MR) is 109 cm³/mol. The Hall–Kier alpha value is -2.73. The van der Waals surface area contributed by atoms with E-state index < -0.39 is 11.4 Å². The molecule has 0 radical (unpaired) electrons. The highest BCUT2D eigenvalue weighted by Gasteiger charge is 2.48. The van der Waals surface area contributed by atoms with Crippen molar-refractivity contribution in [1.29, 1.82) is 0 Å². The summed E-state index contributed by atoms with van der Waals surface area (Å²) in [5.74, 6) is -0.355. The second-order valence-electron chi connectivity index (χ2n) is 8.42. The first-order valence-electron chi connectivity index (χ1n) is 10.3. The zero-order valence-corrected chi connectivity index (χ0v) is 16.1. The van der Waals surface area contributed by atoms with Gasteiger partial charge in [-0.2, -0.15) is 0 Å². The zero-order valence-electron chi connectivity index (χ0n) is 16.1. The average Bonchev–Trinajstić information content (AvgIpc) is 3.29. The number of hydrogen-bond acceptors (Lipinski definition) is 3. The van der Waals surface area contributed by atoms with Gasteiger partial charge < -0.3 is 15.4 Å². The van der Waals surface area contributed by atoms with Crippen molar-refractivity contribution in [2.75, 3.05) is 0 Å². The van der Waals surface area contributed by atoms with Gasteiger partial charge in [0.15, 0.2) is 0 Å². The van der Waals surface area contributed by atoms with Crippen LogP contribution < -0.4 is 5.32 Å². The van der Waals surface area contributed by atoms with Gasteiger partial charge in [-0.1, -0.05) is 0 Å². The van der Waals surface area contributed by atoms with Crippen LogP contribution in [-0.2, 0) is 0 Å². The number of H-pyrrole nitrogens is 1. The fourth-order valence-electron chi connectivity index (χ4n) is 4.63. The van der Waals surface area contributed by atoms with E-state index in [1.54, 1.807) is 24.5 Å². The molecule has 0 bridgehead atoms. The van der Waals surface area contributed by atoms with Crippen molar-refractivity contribution < 1.29 is 14.3 Å². The Morgan fingerprint density at radius 3 is 2.69 bits per heavy atom. The summed E-state index contributed by atoms with van der Waals surface area (Å²) in [6, 6.07) is 8.36. The van der Waals surface area contributed by atoms with Gasteiger partial charge in [0, 0.05) is 40.5 Å². The molecule has 0 saturated heterocycles. The molecule has 2 aliphatic rings. The van der Waals surface area contributed by atoms with Gasteiger partial charge in [-0.05, 0) is 74.8 Å². The van der Waals surface area contributed by atoms with Gasteiger partial charge in [0.05, 0.1) is 11.3 Å². The molecule has 150 valence electrons. The predicted octanol–water partition coefficient (Wildman–Crippen LogP) is 4.18. The number of carbonyl (C=O) groups is 1. The van der Waals surface area contributed by atoms with Crippen LogP contribution in [0, 0.1) is 11.7 Å². The summed E-state index contributed by atoms with van der Waals surface area (Å²) < 4.78 is 14.8. The average molecular weight is 393 g/mol. The largest absolute Gasteiger partial charge is 0.390 e. The number of halogens is 1. The molecule has 5 rings (SSSR count). The molecule has 0 aliphatic heterocycles. The van der Waals surface area contributed by atoms with Crippen LogP contribution in [0.5, 0.6) is 0 Å². The fraction of sp³-hybridized carbons (Fsp3) is 0.391. The lowest BCUT2D eigenvalue weighted by Gasteiger charge is -2.32.